The normalized spacial score (nSPS) is 11.6. The Kier molecular flexibility index (Phi) is 4.01. The molecule has 5 nitrogen and oxygen atoms in total. The number of fused-ring (bicyclic) bond motifs is 1. The van der Waals surface area contributed by atoms with E-state index >= 15 is 0 Å². The molecule has 0 aliphatic rings. The summed E-state index contributed by atoms with van der Waals surface area (Å²) in [5.41, 5.74) is 2.15. The molecule has 0 atom stereocenters. The Labute approximate surface area is 124 Å². The molecule has 110 valence electrons. The summed E-state index contributed by atoms with van der Waals surface area (Å²) in [6.07, 6.45) is 4.81. The zero-order chi connectivity index (χ0) is 14.7. The number of hydrogen-bond donors (Lipinski definition) is 1. The minimum atomic E-state index is 0.862. The molecule has 21 heavy (non-hydrogen) atoms. The monoisotopic (exact) mass is 283 g/mol. The van der Waals surface area contributed by atoms with Crippen LogP contribution in [0.1, 0.15) is 18.6 Å². The molecule has 1 aromatic carbocycles. The maximum absolute atomic E-state index is 4.61. The van der Waals surface area contributed by atoms with Gasteiger partial charge in [-0.1, -0.05) is 12.1 Å². The summed E-state index contributed by atoms with van der Waals surface area (Å²) in [4.78, 5) is 14.7. The van der Waals surface area contributed by atoms with Gasteiger partial charge in [-0.2, -0.15) is 0 Å². The lowest BCUT2D eigenvalue weighted by atomic mass is 10.3. The van der Waals surface area contributed by atoms with Gasteiger partial charge in [-0.05, 0) is 26.1 Å². The van der Waals surface area contributed by atoms with Gasteiger partial charge in [0.25, 0.3) is 0 Å². The summed E-state index contributed by atoms with van der Waals surface area (Å²) in [5.74, 6) is 2.16. The van der Waals surface area contributed by atoms with Crippen LogP contribution < -0.4 is 0 Å². The Morgan fingerprint density at radius 3 is 2.95 bits per heavy atom. The van der Waals surface area contributed by atoms with Crippen LogP contribution in [0.5, 0.6) is 0 Å². The molecule has 3 aromatic rings. The van der Waals surface area contributed by atoms with Crippen molar-refractivity contribution < 1.29 is 0 Å². The molecule has 0 spiro atoms. The van der Waals surface area contributed by atoms with Gasteiger partial charge in [0.05, 0.1) is 17.6 Å². The minimum absolute atomic E-state index is 0.862. The summed E-state index contributed by atoms with van der Waals surface area (Å²) in [7, 11) is 2.12. The largest absolute Gasteiger partial charge is 0.342 e. The first-order chi connectivity index (χ1) is 10.3. The van der Waals surface area contributed by atoms with Crippen LogP contribution >= 0.6 is 0 Å². The number of nitrogens with zero attached hydrogens (tertiary/aromatic N) is 4. The van der Waals surface area contributed by atoms with Crippen molar-refractivity contribution in [3.8, 4) is 0 Å². The first kappa shape index (κ1) is 13.8. The van der Waals surface area contributed by atoms with Crippen molar-refractivity contribution >= 4 is 11.0 Å². The molecule has 0 saturated heterocycles. The van der Waals surface area contributed by atoms with Crippen LogP contribution in [-0.4, -0.2) is 38.0 Å². The molecule has 0 unspecified atom stereocenters. The van der Waals surface area contributed by atoms with E-state index in [4.69, 9.17) is 0 Å². The number of imidazole rings is 2. The van der Waals surface area contributed by atoms with E-state index < -0.39 is 0 Å². The van der Waals surface area contributed by atoms with Crippen LogP contribution in [0.4, 0.5) is 0 Å². The van der Waals surface area contributed by atoms with Crippen molar-refractivity contribution in [3.05, 3.63) is 48.3 Å². The molecule has 0 aliphatic carbocycles. The number of aryl methyl sites for hydroxylation is 1. The van der Waals surface area contributed by atoms with Gasteiger partial charge in [0.1, 0.15) is 11.6 Å². The lowest BCUT2D eigenvalue weighted by molar-refractivity contribution is 0.315. The Morgan fingerprint density at radius 1 is 1.29 bits per heavy atom. The fourth-order valence-electron chi connectivity index (χ4n) is 2.52. The average Bonchev–Trinajstić information content (AvgIpc) is 3.10. The van der Waals surface area contributed by atoms with E-state index in [0.29, 0.717) is 0 Å². The quantitative estimate of drug-likeness (QED) is 0.756. The van der Waals surface area contributed by atoms with E-state index in [1.807, 2.05) is 30.6 Å². The van der Waals surface area contributed by atoms with Gasteiger partial charge in [0.2, 0.25) is 0 Å². The van der Waals surface area contributed by atoms with Gasteiger partial charge in [-0.3, -0.25) is 4.90 Å². The standard InChI is InChI=1S/C16H21N5/c1-3-21-11-9-17-16(21)12-20(2)10-8-15-18-13-6-4-5-7-14(13)19-15/h4-7,9,11H,3,8,10,12H2,1-2H3,(H,18,19). The van der Waals surface area contributed by atoms with E-state index in [1.165, 1.54) is 0 Å². The third kappa shape index (κ3) is 3.13. The number of likely N-dealkylation sites (N-methyl/N-ethyl adjacent to an activating group) is 1. The summed E-state index contributed by atoms with van der Waals surface area (Å²) < 4.78 is 2.18. The third-order valence-electron chi connectivity index (χ3n) is 3.72. The fraction of sp³-hybridized carbons (Fsp3) is 0.375. The highest BCUT2D eigenvalue weighted by Crippen LogP contribution is 2.11. The summed E-state index contributed by atoms with van der Waals surface area (Å²) in [5, 5.41) is 0. The first-order valence-electron chi connectivity index (χ1n) is 7.38. The molecule has 0 aliphatic heterocycles. The number of aromatic amines is 1. The maximum Gasteiger partial charge on any atom is 0.122 e. The van der Waals surface area contributed by atoms with Gasteiger partial charge in [-0.25, -0.2) is 9.97 Å². The zero-order valence-corrected chi connectivity index (χ0v) is 12.6. The van der Waals surface area contributed by atoms with Crippen LogP contribution in [0.15, 0.2) is 36.7 Å². The number of aromatic nitrogens is 4. The second-order valence-corrected chi connectivity index (χ2v) is 5.32. The van der Waals surface area contributed by atoms with Crippen LogP contribution in [0, 0.1) is 0 Å². The van der Waals surface area contributed by atoms with Crippen molar-refractivity contribution in [2.75, 3.05) is 13.6 Å². The third-order valence-corrected chi connectivity index (χ3v) is 3.72. The van der Waals surface area contributed by atoms with E-state index in [1.54, 1.807) is 0 Å². The van der Waals surface area contributed by atoms with Crippen molar-refractivity contribution in [1.29, 1.82) is 0 Å². The molecular weight excluding hydrogens is 262 g/mol. The second kappa shape index (κ2) is 6.10. The van der Waals surface area contributed by atoms with Crippen LogP contribution in [0.25, 0.3) is 11.0 Å². The van der Waals surface area contributed by atoms with E-state index in [2.05, 4.69) is 44.5 Å². The highest BCUT2D eigenvalue weighted by atomic mass is 15.2. The first-order valence-corrected chi connectivity index (χ1v) is 7.38. The number of rotatable bonds is 6. The summed E-state index contributed by atoms with van der Waals surface area (Å²) >= 11 is 0. The topological polar surface area (TPSA) is 49.7 Å². The second-order valence-electron chi connectivity index (χ2n) is 5.32. The highest BCUT2D eigenvalue weighted by molar-refractivity contribution is 5.74. The average molecular weight is 283 g/mol. The lowest BCUT2D eigenvalue weighted by Crippen LogP contribution is -2.23. The molecule has 0 saturated carbocycles. The van der Waals surface area contributed by atoms with Crippen LogP contribution in [-0.2, 0) is 19.5 Å². The number of para-hydroxylation sites is 2. The van der Waals surface area contributed by atoms with Crippen LogP contribution in [0.2, 0.25) is 0 Å². The lowest BCUT2D eigenvalue weighted by Gasteiger charge is -2.16. The maximum atomic E-state index is 4.61. The molecule has 2 heterocycles. The highest BCUT2D eigenvalue weighted by Gasteiger charge is 2.07. The van der Waals surface area contributed by atoms with Gasteiger partial charge in [-0.15, -0.1) is 0 Å². The SMILES string of the molecule is CCn1ccnc1CN(C)CCc1nc2ccccc2[nH]1. The predicted octanol–water partition coefficient (Wildman–Crippen LogP) is 2.45. The van der Waals surface area contributed by atoms with Crippen molar-refractivity contribution in [2.24, 2.45) is 0 Å². The Morgan fingerprint density at radius 2 is 2.14 bits per heavy atom. The summed E-state index contributed by atoms with van der Waals surface area (Å²) in [6.45, 7) is 4.92. The minimum Gasteiger partial charge on any atom is -0.342 e. The predicted molar refractivity (Wildman–Crippen MR) is 84.0 cm³/mol. The smallest absolute Gasteiger partial charge is 0.122 e. The molecular formula is C16H21N5. The molecule has 0 bridgehead atoms. The van der Waals surface area contributed by atoms with E-state index in [-0.39, 0.29) is 0 Å². The van der Waals surface area contributed by atoms with E-state index in [9.17, 15) is 0 Å². The molecule has 5 heteroatoms. The Bertz CT molecular complexity index is 679. The van der Waals surface area contributed by atoms with Gasteiger partial charge >= 0.3 is 0 Å². The molecule has 0 amide bonds. The molecule has 1 N–H and O–H groups in total. The molecule has 2 aromatic heterocycles. The van der Waals surface area contributed by atoms with Gasteiger partial charge in [0, 0.05) is 31.9 Å². The Balaban J connectivity index is 1.59. The number of nitrogens with one attached hydrogen (secondary N) is 1. The van der Waals surface area contributed by atoms with Crippen LogP contribution in [0.3, 0.4) is 0 Å². The van der Waals surface area contributed by atoms with Gasteiger partial charge in [0.15, 0.2) is 0 Å². The fourth-order valence-corrected chi connectivity index (χ4v) is 2.52. The molecule has 3 rings (SSSR count). The number of benzene rings is 1. The Hall–Kier alpha value is -2.14. The number of hydrogen-bond acceptors (Lipinski definition) is 3. The van der Waals surface area contributed by atoms with Gasteiger partial charge < -0.3 is 9.55 Å². The number of H-pyrrole nitrogens is 1. The summed E-state index contributed by atoms with van der Waals surface area (Å²) in [6, 6.07) is 8.15. The molecule has 0 radical (unpaired) electrons. The zero-order valence-electron chi connectivity index (χ0n) is 12.6. The van der Waals surface area contributed by atoms with Crippen molar-refractivity contribution in [2.45, 2.75) is 26.4 Å². The molecule has 0 fully saturated rings. The van der Waals surface area contributed by atoms with E-state index in [0.717, 1.165) is 48.7 Å². The van der Waals surface area contributed by atoms with Crippen molar-refractivity contribution in [3.63, 3.8) is 0 Å². The van der Waals surface area contributed by atoms with Crippen molar-refractivity contribution in [1.82, 2.24) is 24.4 Å².